The maximum atomic E-state index is 13.8. The van der Waals surface area contributed by atoms with Crippen LogP contribution in [0.25, 0.3) is 0 Å². The molecule has 6 nitrogen and oxygen atoms in total. The molecule has 0 atom stereocenters. The van der Waals surface area contributed by atoms with Crippen LogP contribution in [-0.2, 0) is 14.6 Å². The summed E-state index contributed by atoms with van der Waals surface area (Å²) in [5, 5.41) is 2.39. The summed E-state index contributed by atoms with van der Waals surface area (Å²) in [6.45, 7) is 0.793. The molecule has 8 heteroatoms. The quantitative estimate of drug-likeness (QED) is 0.824. The van der Waals surface area contributed by atoms with Crippen LogP contribution in [0.5, 0.6) is 0 Å². The molecule has 0 aromatic heterocycles. The molecule has 2 amide bonds. The van der Waals surface area contributed by atoms with Crippen LogP contribution in [0.3, 0.4) is 0 Å². The van der Waals surface area contributed by atoms with Gasteiger partial charge in [0.2, 0.25) is 5.91 Å². The van der Waals surface area contributed by atoms with Crippen molar-refractivity contribution in [3.05, 3.63) is 35.6 Å². The standard InChI is InChI=1S/C19H25FN2O4S/c20-17-8-4-3-7-16(17)19(24)22-11-9-14(10-12-22)21-18(23)13-27(25,26)15-5-1-2-6-15/h3-4,7-8,14-15H,1-2,5-6,9-13H2,(H,21,23). The van der Waals surface area contributed by atoms with Crippen molar-refractivity contribution in [1.29, 1.82) is 0 Å². The monoisotopic (exact) mass is 396 g/mol. The topological polar surface area (TPSA) is 83.6 Å². The zero-order valence-corrected chi connectivity index (χ0v) is 16.0. The third kappa shape index (κ3) is 4.86. The van der Waals surface area contributed by atoms with E-state index in [1.54, 1.807) is 11.0 Å². The van der Waals surface area contributed by atoms with Gasteiger partial charge in [-0.2, -0.15) is 0 Å². The number of hydrogen-bond acceptors (Lipinski definition) is 4. The molecule has 0 bridgehead atoms. The highest BCUT2D eigenvalue weighted by Gasteiger charge is 2.32. The molecule has 1 saturated carbocycles. The molecule has 0 spiro atoms. The van der Waals surface area contributed by atoms with Crippen molar-refractivity contribution in [3.63, 3.8) is 0 Å². The minimum absolute atomic E-state index is 0.0441. The van der Waals surface area contributed by atoms with E-state index in [0.717, 1.165) is 12.8 Å². The van der Waals surface area contributed by atoms with Gasteiger partial charge >= 0.3 is 0 Å². The van der Waals surface area contributed by atoms with Crippen molar-refractivity contribution in [2.75, 3.05) is 18.8 Å². The maximum Gasteiger partial charge on any atom is 0.256 e. The summed E-state index contributed by atoms with van der Waals surface area (Å²) >= 11 is 0. The van der Waals surface area contributed by atoms with E-state index in [4.69, 9.17) is 0 Å². The van der Waals surface area contributed by atoms with Gasteiger partial charge in [-0.3, -0.25) is 9.59 Å². The molecular weight excluding hydrogens is 371 g/mol. The molecule has 27 heavy (non-hydrogen) atoms. The predicted octanol–water partition coefficient (Wildman–Crippen LogP) is 1.90. The molecule has 0 unspecified atom stereocenters. The lowest BCUT2D eigenvalue weighted by atomic mass is 10.0. The zero-order valence-electron chi connectivity index (χ0n) is 15.2. The first-order valence-electron chi connectivity index (χ1n) is 9.41. The van der Waals surface area contributed by atoms with Crippen molar-refractivity contribution in [3.8, 4) is 0 Å². The maximum absolute atomic E-state index is 13.8. The molecule has 1 heterocycles. The number of hydrogen-bond donors (Lipinski definition) is 1. The van der Waals surface area contributed by atoms with Crippen LogP contribution in [0.1, 0.15) is 48.9 Å². The Kier molecular flexibility index (Phi) is 6.14. The second-order valence-corrected chi connectivity index (χ2v) is 9.61. The number of halogens is 1. The number of likely N-dealkylation sites (tertiary alicyclic amines) is 1. The van der Waals surface area contributed by atoms with Crippen molar-refractivity contribution < 1.29 is 22.4 Å². The fourth-order valence-electron chi connectivity index (χ4n) is 3.85. The second kappa shape index (κ2) is 8.37. The highest BCUT2D eigenvalue weighted by atomic mass is 32.2. The Morgan fingerprint density at radius 3 is 2.33 bits per heavy atom. The summed E-state index contributed by atoms with van der Waals surface area (Å²) in [4.78, 5) is 26.1. The van der Waals surface area contributed by atoms with Crippen LogP contribution in [0.15, 0.2) is 24.3 Å². The first kappa shape index (κ1) is 19.8. The van der Waals surface area contributed by atoms with Crippen LogP contribution < -0.4 is 5.32 Å². The Hall–Kier alpha value is -1.96. The fourth-order valence-corrected chi connectivity index (χ4v) is 5.59. The Balaban J connectivity index is 1.48. The van der Waals surface area contributed by atoms with Crippen molar-refractivity contribution in [2.24, 2.45) is 0 Å². The fraction of sp³-hybridized carbons (Fsp3) is 0.579. The van der Waals surface area contributed by atoms with E-state index in [1.807, 2.05) is 0 Å². The lowest BCUT2D eigenvalue weighted by Crippen LogP contribution is -2.48. The van der Waals surface area contributed by atoms with Crippen LogP contribution in [-0.4, -0.2) is 55.3 Å². The van der Waals surface area contributed by atoms with Gasteiger partial charge in [0.15, 0.2) is 9.84 Å². The molecule has 2 fully saturated rings. The Morgan fingerprint density at radius 1 is 1.07 bits per heavy atom. The molecule has 1 aromatic rings. The van der Waals surface area contributed by atoms with E-state index < -0.39 is 27.3 Å². The number of carbonyl (C=O) groups excluding carboxylic acids is 2. The molecule has 148 valence electrons. The third-order valence-corrected chi connectivity index (χ3v) is 7.55. The van der Waals surface area contributed by atoms with Gasteiger partial charge in [0, 0.05) is 19.1 Å². The number of nitrogens with zero attached hydrogens (tertiary/aromatic N) is 1. The van der Waals surface area contributed by atoms with E-state index in [0.29, 0.717) is 38.8 Å². The summed E-state index contributed by atoms with van der Waals surface area (Å²) in [7, 11) is -3.39. The van der Waals surface area contributed by atoms with Crippen LogP contribution in [0.4, 0.5) is 4.39 Å². The van der Waals surface area contributed by atoms with Gasteiger partial charge in [-0.15, -0.1) is 0 Å². The van der Waals surface area contributed by atoms with Crippen LogP contribution in [0.2, 0.25) is 0 Å². The summed E-state index contributed by atoms with van der Waals surface area (Å²) in [5.74, 6) is -1.84. The molecule has 0 radical (unpaired) electrons. The number of piperidine rings is 1. The van der Waals surface area contributed by atoms with Crippen LogP contribution >= 0.6 is 0 Å². The first-order chi connectivity index (χ1) is 12.9. The number of nitrogens with one attached hydrogen (secondary N) is 1. The summed E-state index contributed by atoms with van der Waals surface area (Å²) in [5.41, 5.74) is 0.0441. The first-order valence-corrected chi connectivity index (χ1v) is 11.1. The van der Waals surface area contributed by atoms with Gasteiger partial charge in [-0.05, 0) is 37.8 Å². The lowest BCUT2D eigenvalue weighted by Gasteiger charge is -2.32. The number of benzene rings is 1. The normalized spacial score (nSPS) is 19.2. The molecule has 1 aliphatic carbocycles. The molecular formula is C19H25FN2O4S. The third-order valence-electron chi connectivity index (χ3n) is 5.39. The molecule has 1 saturated heterocycles. The summed E-state index contributed by atoms with van der Waals surface area (Å²) in [6.07, 6.45) is 4.14. The largest absolute Gasteiger partial charge is 0.352 e. The SMILES string of the molecule is O=C(CS(=O)(=O)C1CCCC1)NC1CCN(C(=O)c2ccccc2F)CC1. The Morgan fingerprint density at radius 2 is 1.70 bits per heavy atom. The molecule has 3 rings (SSSR count). The average Bonchev–Trinajstić information content (AvgIpc) is 3.17. The Bertz CT molecular complexity index is 798. The van der Waals surface area contributed by atoms with Crippen LogP contribution in [0, 0.1) is 5.82 Å². The van der Waals surface area contributed by atoms with Crippen molar-refractivity contribution in [2.45, 2.75) is 49.8 Å². The van der Waals surface area contributed by atoms with E-state index in [2.05, 4.69) is 5.32 Å². The van der Waals surface area contributed by atoms with Gasteiger partial charge in [0.1, 0.15) is 11.6 Å². The molecule has 1 aliphatic heterocycles. The second-order valence-electron chi connectivity index (χ2n) is 7.33. The van der Waals surface area contributed by atoms with Crippen molar-refractivity contribution >= 4 is 21.7 Å². The minimum Gasteiger partial charge on any atom is -0.352 e. The van der Waals surface area contributed by atoms with E-state index in [9.17, 15) is 22.4 Å². The Labute approximate surface area is 159 Å². The number of rotatable bonds is 5. The smallest absolute Gasteiger partial charge is 0.256 e. The van der Waals surface area contributed by atoms with Gasteiger partial charge in [0.05, 0.1) is 10.8 Å². The molecule has 2 aliphatic rings. The van der Waals surface area contributed by atoms with Gasteiger partial charge in [-0.25, -0.2) is 12.8 Å². The van der Waals surface area contributed by atoms with Gasteiger partial charge in [0.25, 0.3) is 5.91 Å². The summed E-state index contributed by atoms with van der Waals surface area (Å²) in [6, 6.07) is 5.70. The summed E-state index contributed by atoms with van der Waals surface area (Å²) < 4.78 is 38.3. The highest BCUT2D eigenvalue weighted by Crippen LogP contribution is 2.25. The van der Waals surface area contributed by atoms with E-state index >= 15 is 0 Å². The minimum atomic E-state index is -3.39. The van der Waals surface area contributed by atoms with E-state index in [-0.39, 0.29) is 22.8 Å². The zero-order chi connectivity index (χ0) is 19.4. The predicted molar refractivity (Wildman–Crippen MR) is 99.5 cm³/mol. The van der Waals surface area contributed by atoms with Gasteiger partial charge < -0.3 is 10.2 Å². The van der Waals surface area contributed by atoms with E-state index in [1.165, 1.54) is 18.2 Å². The van der Waals surface area contributed by atoms with Crippen molar-refractivity contribution in [1.82, 2.24) is 10.2 Å². The average molecular weight is 396 g/mol. The number of carbonyl (C=O) groups is 2. The van der Waals surface area contributed by atoms with Gasteiger partial charge in [-0.1, -0.05) is 25.0 Å². The number of sulfone groups is 1. The number of amides is 2. The highest BCUT2D eigenvalue weighted by molar-refractivity contribution is 7.92. The molecule has 1 aromatic carbocycles. The lowest BCUT2D eigenvalue weighted by molar-refractivity contribution is -0.119. The molecule has 1 N–H and O–H groups in total.